The van der Waals surface area contributed by atoms with Gasteiger partial charge in [-0.15, -0.1) is 0 Å². The number of aliphatic carboxylic acids is 1. The fourth-order valence-electron chi connectivity index (χ4n) is 8.11. The van der Waals surface area contributed by atoms with Gasteiger partial charge in [-0.3, -0.25) is 9.59 Å². The third kappa shape index (κ3) is 18.8. The fraction of sp³-hybridized carbons (Fsp3) is 0.702. The second-order valence-electron chi connectivity index (χ2n) is 17.8. The molecule has 3 rings (SSSR count). The molecule has 0 amide bonds. The van der Waals surface area contributed by atoms with Crippen LogP contribution >= 0.6 is 0 Å². The van der Waals surface area contributed by atoms with Gasteiger partial charge in [-0.2, -0.15) is 0 Å². The highest BCUT2D eigenvalue weighted by Crippen LogP contribution is 2.38. The summed E-state index contributed by atoms with van der Waals surface area (Å²) in [4.78, 5) is 25.1. The molecule has 0 aromatic heterocycles. The summed E-state index contributed by atoms with van der Waals surface area (Å²) >= 11 is 0. The summed E-state index contributed by atoms with van der Waals surface area (Å²) in [5, 5.41) is 118. The number of ether oxygens (including phenoxy) is 4. The molecule has 0 unspecified atom stereocenters. The van der Waals surface area contributed by atoms with Crippen molar-refractivity contribution in [2.75, 3.05) is 0 Å². The van der Waals surface area contributed by atoms with Gasteiger partial charge in [-0.25, -0.2) is 0 Å². The van der Waals surface area contributed by atoms with Gasteiger partial charge >= 0.3 is 11.9 Å². The van der Waals surface area contributed by atoms with Crippen molar-refractivity contribution in [2.45, 2.75) is 189 Å². The van der Waals surface area contributed by atoms with Gasteiger partial charge in [0.25, 0.3) is 0 Å². The molecule has 0 aromatic rings. The zero-order valence-corrected chi connectivity index (χ0v) is 37.8. The number of esters is 1. The highest BCUT2D eigenvalue weighted by Gasteiger charge is 2.51. The molecule has 370 valence electrons. The molecule has 13 N–H and O–H groups in total. The van der Waals surface area contributed by atoms with E-state index in [-0.39, 0.29) is 38.0 Å². The molecule has 3 aliphatic rings. The van der Waals surface area contributed by atoms with Crippen LogP contribution in [0.5, 0.6) is 0 Å². The van der Waals surface area contributed by atoms with Gasteiger partial charge in [0.05, 0.1) is 79.6 Å². The number of fused-ring (bicyclic) bond motifs is 2. The maximum Gasteiger partial charge on any atom is 0.311 e. The van der Waals surface area contributed by atoms with Crippen LogP contribution in [0.25, 0.3) is 0 Å². The Kier molecular flexibility index (Phi) is 23.8. The number of cyclic esters (lactones) is 1. The molecule has 3 aliphatic heterocycles. The molecule has 3 heterocycles. The van der Waals surface area contributed by atoms with Gasteiger partial charge in [0, 0.05) is 31.1 Å². The summed E-state index contributed by atoms with van der Waals surface area (Å²) in [6.45, 7) is 6.78. The predicted octanol–water partition coefficient (Wildman–Crippen LogP) is 0.936. The number of carbonyl (C=O) groups is 2. The van der Waals surface area contributed by atoms with E-state index in [1.165, 1.54) is 13.0 Å². The smallest absolute Gasteiger partial charge is 0.311 e. The van der Waals surface area contributed by atoms with E-state index in [4.69, 9.17) is 24.7 Å². The maximum absolute atomic E-state index is 12.6. The van der Waals surface area contributed by atoms with Crippen LogP contribution in [0.1, 0.15) is 91.9 Å². The van der Waals surface area contributed by atoms with Crippen molar-refractivity contribution in [3.63, 3.8) is 0 Å². The highest BCUT2D eigenvalue weighted by molar-refractivity contribution is 5.71. The molecule has 18 heteroatoms. The molecule has 0 aromatic carbocycles. The monoisotopic (exact) mass is 926 g/mol. The average Bonchev–Trinajstić information content (AvgIpc) is 3.21. The Morgan fingerprint density at radius 3 is 1.94 bits per heavy atom. The number of allylic oxidation sites excluding steroid dienone is 10. The first-order chi connectivity index (χ1) is 30.6. The van der Waals surface area contributed by atoms with Crippen LogP contribution in [0.3, 0.4) is 0 Å². The minimum atomic E-state index is -2.35. The second kappa shape index (κ2) is 27.6. The quantitative estimate of drug-likeness (QED) is 0.175. The van der Waals surface area contributed by atoms with Crippen LogP contribution < -0.4 is 5.73 Å². The van der Waals surface area contributed by atoms with Crippen LogP contribution in [0.4, 0.5) is 0 Å². The topological polar surface area (TPSA) is 320 Å². The van der Waals surface area contributed by atoms with E-state index >= 15 is 0 Å². The highest BCUT2D eigenvalue weighted by atomic mass is 16.7. The van der Waals surface area contributed by atoms with Gasteiger partial charge in [0.2, 0.25) is 0 Å². The summed E-state index contributed by atoms with van der Waals surface area (Å²) in [7, 11) is 0. The summed E-state index contributed by atoms with van der Waals surface area (Å²) in [5.74, 6) is -6.82. The summed E-state index contributed by atoms with van der Waals surface area (Å²) in [5.41, 5.74) is 6.02. The van der Waals surface area contributed by atoms with Gasteiger partial charge in [-0.05, 0) is 52.4 Å². The number of aliphatic hydroxyl groups excluding tert-OH is 9. The number of carboxylic acid groups (broad SMARTS) is 1. The second-order valence-corrected chi connectivity index (χ2v) is 17.8. The minimum Gasteiger partial charge on any atom is -0.481 e. The maximum atomic E-state index is 12.6. The van der Waals surface area contributed by atoms with E-state index < -0.39 is 141 Å². The number of carbonyl (C=O) groups excluding carboxylic acids is 1. The Labute approximate surface area is 381 Å². The van der Waals surface area contributed by atoms with Gasteiger partial charge in [0.15, 0.2) is 12.1 Å². The van der Waals surface area contributed by atoms with Crippen LogP contribution in [-0.4, -0.2) is 166 Å². The lowest BCUT2D eigenvalue weighted by molar-refractivity contribution is -0.310. The average molecular weight is 926 g/mol. The molecule has 0 aliphatic carbocycles. The molecular formula is C47H75NO17. The number of hydrogen-bond acceptors (Lipinski definition) is 17. The summed E-state index contributed by atoms with van der Waals surface area (Å²) in [6, 6.07) is -1.14. The standard InChI is InChI=1S/C47H75NO17/c1-27-17-15-13-11-9-7-5-6-8-10-12-14-16-18-34(64-46-44(58)41(48)43(57)30(4)63-46)24-38-40(45(59)60)37(54)26-47(61,65-38)25-36(53)35(52)20-19-31(49)21-32(50)22-33(51)23-39(55)62-29(3)28(2)42(27)56/h5-6,8,10-18,27-38,40-44,46,49-54,56-58,61H,7,9,19-26,48H2,1-4H3,(H,59,60)/b6-5?,10-8-,13-11?,14-12-,17-15?,18-16?/t27-,28-,29-,30+,31+,32+,33+,34-,35+,36+,37-,38-,40+,41-,42+,43+,44-,46-,47+/m0/s1. The van der Waals surface area contributed by atoms with Crippen molar-refractivity contribution in [3.05, 3.63) is 72.9 Å². The van der Waals surface area contributed by atoms with Crippen molar-refractivity contribution in [1.82, 2.24) is 0 Å². The van der Waals surface area contributed by atoms with Crippen molar-refractivity contribution in [2.24, 2.45) is 23.5 Å². The van der Waals surface area contributed by atoms with E-state index in [1.807, 2.05) is 49.5 Å². The van der Waals surface area contributed by atoms with E-state index in [9.17, 15) is 65.8 Å². The first kappa shape index (κ1) is 56.1. The first-order valence-electron chi connectivity index (χ1n) is 22.6. The lowest BCUT2D eigenvalue weighted by atomic mass is 9.82. The van der Waals surface area contributed by atoms with Crippen LogP contribution in [-0.2, 0) is 28.5 Å². The number of carboxylic acids is 1. The molecule has 65 heavy (non-hydrogen) atoms. The molecule has 0 saturated carbocycles. The molecule has 2 bridgehead atoms. The molecule has 19 atom stereocenters. The number of aliphatic hydroxyl groups is 10. The Morgan fingerprint density at radius 2 is 1.28 bits per heavy atom. The van der Waals surface area contributed by atoms with Crippen LogP contribution in [0.15, 0.2) is 72.9 Å². The normalized spacial score (nSPS) is 43.3. The molecule has 2 saturated heterocycles. The van der Waals surface area contributed by atoms with Crippen molar-refractivity contribution in [3.8, 4) is 0 Å². The van der Waals surface area contributed by atoms with Crippen LogP contribution in [0.2, 0.25) is 0 Å². The first-order valence-corrected chi connectivity index (χ1v) is 22.6. The number of nitrogens with two attached hydrogens (primary N) is 1. The third-order valence-electron chi connectivity index (χ3n) is 12.2. The van der Waals surface area contributed by atoms with Gasteiger partial charge in [-0.1, -0.05) is 86.8 Å². The minimum absolute atomic E-state index is 0.138. The zero-order chi connectivity index (χ0) is 48.4. The van der Waals surface area contributed by atoms with E-state index in [1.54, 1.807) is 38.2 Å². The Bertz CT molecular complexity index is 1620. The SMILES string of the molecule is C[C@@H]1[C@H](O)[C@@H](C)C=CC=CCCC=C/C=C\C=C/C=C[C@H](O[C@@H]2O[C@H](C)[C@@H](O)[C@H](N)[C@@H]2O)C[C@@H]2O[C@](O)(C[C@@H](O)[C@H](O)CC[C@@H](O)C[C@@H](O)C[C@@H](O)CC(=O)O[C@H]1C)C[C@H](O)[C@H]2C(=O)O. The lowest BCUT2D eigenvalue weighted by Crippen LogP contribution is -2.61. The predicted molar refractivity (Wildman–Crippen MR) is 237 cm³/mol. The fourth-order valence-corrected chi connectivity index (χ4v) is 8.11. The number of rotatable bonds is 3. The Balaban J connectivity index is 1.84. The van der Waals surface area contributed by atoms with Gasteiger partial charge < -0.3 is 80.9 Å². The lowest BCUT2D eigenvalue weighted by Gasteiger charge is -2.45. The largest absolute Gasteiger partial charge is 0.481 e. The molecule has 0 radical (unpaired) electrons. The van der Waals surface area contributed by atoms with E-state index in [0.29, 0.717) is 0 Å². The summed E-state index contributed by atoms with van der Waals surface area (Å²) < 4.78 is 23.2. The summed E-state index contributed by atoms with van der Waals surface area (Å²) in [6.07, 6.45) is 2.28. The van der Waals surface area contributed by atoms with E-state index in [0.717, 1.165) is 12.8 Å². The van der Waals surface area contributed by atoms with Crippen molar-refractivity contribution < 1.29 is 84.7 Å². The van der Waals surface area contributed by atoms with E-state index in [2.05, 4.69) is 0 Å². The Morgan fingerprint density at radius 1 is 0.692 bits per heavy atom. The molecule has 18 nitrogen and oxygen atoms in total. The molecule has 2 fully saturated rings. The number of hydrogen-bond donors (Lipinski definition) is 12. The Hall–Kier alpha value is -3.18. The molecular weight excluding hydrogens is 851 g/mol. The third-order valence-corrected chi connectivity index (χ3v) is 12.2. The van der Waals surface area contributed by atoms with Gasteiger partial charge in [0.1, 0.15) is 18.1 Å². The molecule has 0 spiro atoms. The van der Waals surface area contributed by atoms with Crippen molar-refractivity contribution >= 4 is 11.9 Å². The van der Waals surface area contributed by atoms with Crippen LogP contribution in [0, 0.1) is 17.8 Å². The zero-order valence-electron chi connectivity index (χ0n) is 37.8. The van der Waals surface area contributed by atoms with Crippen molar-refractivity contribution in [1.29, 1.82) is 0 Å².